The summed E-state index contributed by atoms with van der Waals surface area (Å²) in [6.45, 7) is 4.01. The Morgan fingerprint density at radius 1 is 1.03 bits per heavy atom. The van der Waals surface area contributed by atoms with Crippen molar-refractivity contribution in [1.29, 1.82) is 0 Å². The number of aromatic nitrogens is 1. The predicted octanol–water partition coefficient (Wildman–Crippen LogP) is 5.52. The lowest BCUT2D eigenvalue weighted by atomic mass is 9.71. The summed E-state index contributed by atoms with van der Waals surface area (Å²) in [6.07, 6.45) is 2.78. The second kappa shape index (κ2) is 7.56. The Morgan fingerprint density at radius 2 is 1.80 bits per heavy atom. The molecule has 0 saturated carbocycles. The lowest BCUT2D eigenvalue weighted by Gasteiger charge is -2.33. The summed E-state index contributed by atoms with van der Waals surface area (Å²) in [5, 5.41) is 12.0. The number of benzene rings is 2. The van der Waals surface area contributed by atoms with Crippen LogP contribution in [0.5, 0.6) is 11.5 Å². The number of hydrogen-bond acceptors (Lipinski definition) is 4. The molecule has 0 amide bonds. The number of Topliss-reactive ketones (excluding diaryl/α,β-unsaturated/α-hetero) is 1. The van der Waals surface area contributed by atoms with E-state index in [4.69, 9.17) is 9.47 Å². The Morgan fingerprint density at radius 3 is 2.50 bits per heavy atom. The highest BCUT2D eigenvalue weighted by atomic mass is 16.5. The molecule has 0 spiro atoms. The maximum atomic E-state index is 13.3. The van der Waals surface area contributed by atoms with Gasteiger partial charge in [0.05, 0.1) is 14.2 Å². The van der Waals surface area contributed by atoms with Crippen molar-refractivity contribution in [2.75, 3.05) is 14.2 Å². The van der Waals surface area contributed by atoms with Gasteiger partial charge in [0, 0.05) is 53.1 Å². The van der Waals surface area contributed by atoms with Crippen LogP contribution in [0.25, 0.3) is 10.9 Å². The van der Waals surface area contributed by atoms with E-state index in [-0.39, 0.29) is 17.0 Å². The van der Waals surface area contributed by atoms with Crippen molar-refractivity contribution >= 4 is 16.7 Å². The first kappa shape index (κ1) is 20.1. The third-order valence-corrected chi connectivity index (χ3v) is 5.87. The molecule has 0 saturated heterocycles. The molecule has 2 N–H and O–H groups in total. The van der Waals surface area contributed by atoms with Gasteiger partial charge in [0.15, 0.2) is 5.78 Å². The van der Waals surface area contributed by atoms with Crippen LogP contribution in [0.3, 0.4) is 0 Å². The van der Waals surface area contributed by atoms with Gasteiger partial charge in [-0.2, -0.15) is 0 Å². The maximum absolute atomic E-state index is 13.3. The molecule has 1 unspecified atom stereocenters. The van der Waals surface area contributed by atoms with Crippen LogP contribution in [0.15, 0.2) is 60.0 Å². The molecule has 4 rings (SSSR count). The van der Waals surface area contributed by atoms with Crippen LogP contribution >= 0.6 is 0 Å². The maximum Gasteiger partial charge on any atom is 0.163 e. The number of H-pyrrole nitrogens is 1. The highest BCUT2D eigenvalue weighted by Crippen LogP contribution is 2.47. The van der Waals surface area contributed by atoms with E-state index in [2.05, 4.69) is 4.98 Å². The largest absolute Gasteiger partial charge is 0.512 e. The van der Waals surface area contributed by atoms with Gasteiger partial charge >= 0.3 is 0 Å². The number of rotatable bonds is 5. The molecular weight excluding hydrogens is 378 g/mol. The van der Waals surface area contributed by atoms with Crippen molar-refractivity contribution in [2.24, 2.45) is 5.41 Å². The number of allylic oxidation sites excluding steroid dienone is 2. The van der Waals surface area contributed by atoms with E-state index in [1.165, 1.54) is 0 Å². The monoisotopic (exact) mass is 405 g/mol. The third-order valence-electron chi connectivity index (χ3n) is 5.87. The van der Waals surface area contributed by atoms with Crippen LogP contribution in [0.2, 0.25) is 0 Å². The minimum absolute atomic E-state index is 0.0306. The zero-order chi connectivity index (χ0) is 21.5. The second-order valence-corrected chi connectivity index (χ2v) is 8.63. The molecule has 0 bridgehead atoms. The molecule has 5 nitrogen and oxygen atoms in total. The number of aliphatic hydroxyl groups excluding tert-OH is 1. The number of ketones is 1. The Bertz CT molecular complexity index is 1140. The molecule has 2 aromatic carbocycles. The van der Waals surface area contributed by atoms with Crippen molar-refractivity contribution in [3.63, 3.8) is 0 Å². The van der Waals surface area contributed by atoms with E-state index < -0.39 is 5.92 Å². The fourth-order valence-corrected chi connectivity index (χ4v) is 4.50. The SMILES string of the molecule is COc1ccc(C(C2=C(O)CC(C)(C)CC2=O)c2c[nH]c3ccccc23)c(OC)c1. The number of ether oxygens (including phenoxy) is 2. The smallest absolute Gasteiger partial charge is 0.163 e. The van der Waals surface area contributed by atoms with Gasteiger partial charge in [-0.05, 0) is 23.1 Å². The average molecular weight is 405 g/mol. The fraction of sp³-hybridized carbons (Fsp3) is 0.320. The molecule has 1 atom stereocenters. The molecule has 0 aliphatic heterocycles. The van der Waals surface area contributed by atoms with Gasteiger partial charge in [-0.1, -0.05) is 38.1 Å². The number of para-hydroxylation sites is 1. The fourth-order valence-electron chi connectivity index (χ4n) is 4.50. The zero-order valence-corrected chi connectivity index (χ0v) is 17.8. The molecular formula is C25H27NO4. The first-order valence-electron chi connectivity index (χ1n) is 10.1. The van der Waals surface area contributed by atoms with Crippen molar-refractivity contribution in [1.82, 2.24) is 4.98 Å². The van der Waals surface area contributed by atoms with Crippen molar-refractivity contribution in [3.05, 3.63) is 71.1 Å². The van der Waals surface area contributed by atoms with Crippen LogP contribution in [-0.4, -0.2) is 30.1 Å². The van der Waals surface area contributed by atoms with E-state index >= 15 is 0 Å². The van der Waals surface area contributed by atoms with Crippen LogP contribution in [0.4, 0.5) is 0 Å². The van der Waals surface area contributed by atoms with E-state index in [0.717, 1.165) is 22.0 Å². The molecule has 0 radical (unpaired) electrons. The first-order chi connectivity index (χ1) is 14.3. The number of aliphatic hydroxyl groups is 1. The van der Waals surface area contributed by atoms with Gasteiger partial charge in [-0.15, -0.1) is 0 Å². The Balaban J connectivity index is 1.99. The summed E-state index contributed by atoms with van der Waals surface area (Å²) < 4.78 is 11.0. The topological polar surface area (TPSA) is 71.5 Å². The Hall–Kier alpha value is -3.21. The van der Waals surface area contributed by atoms with Crippen LogP contribution in [0, 0.1) is 5.41 Å². The number of fused-ring (bicyclic) bond motifs is 1. The Kier molecular flexibility index (Phi) is 5.06. The van der Waals surface area contributed by atoms with Gasteiger partial charge in [-0.25, -0.2) is 0 Å². The van der Waals surface area contributed by atoms with Crippen LogP contribution in [-0.2, 0) is 4.79 Å². The molecule has 3 aromatic rings. The third kappa shape index (κ3) is 3.45. The first-order valence-corrected chi connectivity index (χ1v) is 10.1. The quantitative estimate of drug-likeness (QED) is 0.586. The normalized spacial score (nSPS) is 17.3. The van der Waals surface area contributed by atoms with E-state index in [0.29, 0.717) is 29.9 Å². The van der Waals surface area contributed by atoms with Gasteiger partial charge in [0.1, 0.15) is 17.3 Å². The number of nitrogens with one attached hydrogen (secondary N) is 1. The number of methoxy groups -OCH3 is 2. The number of aromatic amines is 1. The molecule has 1 aromatic heterocycles. The van der Waals surface area contributed by atoms with Crippen LogP contribution < -0.4 is 9.47 Å². The number of carbonyl (C=O) groups excluding carboxylic acids is 1. The zero-order valence-electron chi connectivity index (χ0n) is 17.8. The number of carbonyl (C=O) groups is 1. The lowest BCUT2D eigenvalue weighted by Crippen LogP contribution is -2.29. The highest BCUT2D eigenvalue weighted by Gasteiger charge is 2.39. The second-order valence-electron chi connectivity index (χ2n) is 8.63. The minimum atomic E-state index is -0.453. The predicted molar refractivity (Wildman–Crippen MR) is 117 cm³/mol. The molecule has 1 aliphatic rings. The lowest BCUT2D eigenvalue weighted by molar-refractivity contribution is -0.118. The van der Waals surface area contributed by atoms with Crippen molar-refractivity contribution < 1.29 is 19.4 Å². The van der Waals surface area contributed by atoms with Crippen molar-refractivity contribution in [2.45, 2.75) is 32.6 Å². The van der Waals surface area contributed by atoms with Gasteiger partial charge in [0.2, 0.25) is 0 Å². The highest BCUT2D eigenvalue weighted by molar-refractivity contribution is 6.00. The molecule has 0 fully saturated rings. The van der Waals surface area contributed by atoms with Gasteiger partial charge < -0.3 is 19.6 Å². The van der Waals surface area contributed by atoms with E-state index in [1.807, 2.05) is 62.5 Å². The van der Waals surface area contributed by atoms with Crippen molar-refractivity contribution in [3.8, 4) is 11.5 Å². The van der Waals surface area contributed by atoms with Gasteiger partial charge in [0.25, 0.3) is 0 Å². The summed E-state index contributed by atoms with van der Waals surface area (Å²) in [5.74, 6) is 0.956. The Labute approximate surface area is 176 Å². The molecule has 1 aliphatic carbocycles. The molecule has 5 heteroatoms. The summed E-state index contributed by atoms with van der Waals surface area (Å²) in [5.41, 5.74) is 2.91. The molecule has 30 heavy (non-hydrogen) atoms. The van der Waals surface area contributed by atoms with E-state index in [1.54, 1.807) is 14.2 Å². The minimum Gasteiger partial charge on any atom is -0.512 e. The summed E-state index contributed by atoms with van der Waals surface area (Å²) in [7, 11) is 3.21. The van der Waals surface area contributed by atoms with Crippen LogP contribution in [0.1, 0.15) is 43.7 Å². The molecule has 156 valence electrons. The van der Waals surface area contributed by atoms with Gasteiger partial charge in [-0.3, -0.25) is 4.79 Å². The summed E-state index contributed by atoms with van der Waals surface area (Å²) in [4.78, 5) is 16.6. The van der Waals surface area contributed by atoms with E-state index in [9.17, 15) is 9.90 Å². The standard InChI is InChI=1S/C25H27NO4/c1-25(2)12-20(27)24(21(28)13-25)23(17-10-9-15(29-3)11-22(17)30-4)18-14-26-19-8-6-5-7-16(18)19/h5-11,14,23,26-27H,12-13H2,1-4H3. The summed E-state index contributed by atoms with van der Waals surface area (Å²) in [6, 6.07) is 13.6. The summed E-state index contributed by atoms with van der Waals surface area (Å²) >= 11 is 0. The number of hydrogen-bond donors (Lipinski definition) is 2. The molecule has 1 heterocycles. The average Bonchev–Trinajstić information content (AvgIpc) is 3.13.